The Hall–Kier alpha value is -0.770. The molecule has 3 N–H and O–H groups in total. The Kier molecular flexibility index (Phi) is 2.63. The first-order valence-corrected chi connectivity index (χ1v) is 5.25. The van der Waals surface area contributed by atoms with Crippen LogP contribution in [0.15, 0.2) is 18.2 Å². The van der Waals surface area contributed by atoms with Gasteiger partial charge in [0.1, 0.15) is 11.9 Å². The van der Waals surface area contributed by atoms with Crippen molar-refractivity contribution in [2.75, 3.05) is 7.11 Å². The fourth-order valence-corrected chi connectivity index (χ4v) is 1.83. The van der Waals surface area contributed by atoms with Gasteiger partial charge in [0.05, 0.1) is 7.11 Å². The topological polar surface area (TPSA) is 55.5 Å². The minimum absolute atomic E-state index is 0.488. The lowest BCUT2D eigenvalue weighted by atomic mass is 10.0. The van der Waals surface area contributed by atoms with Gasteiger partial charge in [0, 0.05) is 16.1 Å². The molecule has 1 aliphatic carbocycles. The van der Waals surface area contributed by atoms with Crippen LogP contribution in [0.4, 0.5) is 0 Å². The number of ether oxygens (including phenoxy) is 1. The molecule has 1 unspecified atom stereocenters. The average Bonchev–Trinajstić information content (AvgIpc) is 2.96. The smallest absolute Gasteiger partial charge is 0.124 e. The number of aliphatic hydroxyl groups is 1. The maximum absolute atomic E-state index is 10.1. The Bertz CT molecular complexity index is 377. The lowest BCUT2D eigenvalue weighted by Gasteiger charge is -2.20. The van der Waals surface area contributed by atoms with Crippen LogP contribution in [0.25, 0.3) is 0 Å². The molecule has 0 heterocycles. The number of hydrogen-bond donors (Lipinski definition) is 2. The van der Waals surface area contributed by atoms with Gasteiger partial charge in [-0.1, -0.05) is 11.6 Å². The van der Waals surface area contributed by atoms with Gasteiger partial charge in [-0.05, 0) is 31.0 Å². The van der Waals surface area contributed by atoms with Crippen LogP contribution in [0.1, 0.15) is 24.5 Å². The van der Waals surface area contributed by atoms with Gasteiger partial charge in [0.15, 0.2) is 0 Å². The van der Waals surface area contributed by atoms with E-state index in [0.717, 1.165) is 12.8 Å². The van der Waals surface area contributed by atoms with Crippen LogP contribution in [0.3, 0.4) is 0 Å². The summed E-state index contributed by atoms with van der Waals surface area (Å²) in [4.78, 5) is 0. The summed E-state index contributed by atoms with van der Waals surface area (Å²) in [5.74, 6) is 0.628. The molecule has 0 bridgehead atoms. The summed E-state index contributed by atoms with van der Waals surface area (Å²) in [6, 6.07) is 5.18. The van der Waals surface area contributed by atoms with Crippen LogP contribution in [-0.4, -0.2) is 17.8 Å². The second-order valence-corrected chi connectivity index (χ2v) is 4.46. The maximum Gasteiger partial charge on any atom is 0.124 e. The van der Waals surface area contributed by atoms with Crippen molar-refractivity contribution in [1.29, 1.82) is 0 Å². The summed E-state index contributed by atoms with van der Waals surface area (Å²) in [6.07, 6.45) is 0.972. The fourth-order valence-electron chi connectivity index (χ4n) is 1.65. The molecular weight excluding hydrogens is 214 g/mol. The molecule has 15 heavy (non-hydrogen) atoms. The van der Waals surface area contributed by atoms with Crippen molar-refractivity contribution in [2.45, 2.75) is 24.5 Å². The molecule has 1 aromatic carbocycles. The van der Waals surface area contributed by atoms with E-state index in [-0.39, 0.29) is 0 Å². The second kappa shape index (κ2) is 3.67. The third-order valence-corrected chi connectivity index (χ3v) is 3.09. The third-order valence-electron chi connectivity index (χ3n) is 2.86. The molecule has 2 rings (SSSR count). The molecule has 82 valence electrons. The number of methoxy groups -OCH3 is 1. The van der Waals surface area contributed by atoms with E-state index in [1.54, 1.807) is 25.3 Å². The molecule has 0 amide bonds. The van der Waals surface area contributed by atoms with Gasteiger partial charge in [0.25, 0.3) is 0 Å². The van der Waals surface area contributed by atoms with Gasteiger partial charge in [-0.15, -0.1) is 0 Å². The fraction of sp³-hybridized carbons (Fsp3) is 0.455. The van der Waals surface area contributed by atoms with Crippen molar-refractivity contribution in [3.8, 4) is 5.75 Å². The van der Waals surface area contributed by atoms with E-state index in [1.807, 2.05) is 0 Å². The van der Waals surface area contributed by atoms with E-state index in [0.29, 0.717) is 16.3 Å². The van der Waals surface area contributed by atoms with Crippen LogP contribution in [-0.2, 0) is 0 Å². The Morgan fingerprint density at radius 3 is 2.73 bits per heavy atom. The Balaban J connectivity index is 2.36. The van der Waals surface area contributed by atoms with Crippen molar-refractivity contribution in [2.24, 2.45) is 5.73 Å². The monoisotopic (exact) mass is 227 g/mol. The molecule has 0 saturated heterocycles. The number of aliphatic hydroxyl groups excluding tert-OH is 1. The summed E-state index contributed by atoms with van der Waals surface area (Å²) in [5, 5.41) is 10.7. The molecule has 1 fully saturated rings. The molecule has 1 saturated carbocycles. The van der Waals surface area contributed by atoms with Crippen molar-refractivity contribution in [3.63, 3.8) is 0 Å². The summed E-state index contributed by atoms with van der Waals surface area (Å²) in [6.45, 7) is 0. The number of rotatable bonds is 3. The van der Waals surface area contributed by atoms with Crippen molar-refractivity contribution >= 4 is 11.6 Å². The highest BCUT2D eigenvalue weighted by Crippen LogP contribution is 2.46. The normalized spacial score (nSPS) is 19.7. The van der Waals surface area contributed by atoms with Gasteiger partial charge in [-0.25, -0.2) is 0 Å². The summed E-state index contributed by atoms with van der Waals surface area (Å²) in [7, 11) is 1.57. The van der Waals surface area contributed by atoms with Crippen molar-refractivity contribution in [1.82, 2.24) is 0 Å². The van der Waals surface area contributed by atoms with Gasteiger partial charge in [0.2, 0.25) is 0 Å². The highest BCUT2D eigenvalue weighted by Gasteiger charge is 2.46. The van der Waals surface area contributed by atoms with E-state index in [4.69, 9.17) is 22.1 Å². The lowest BCUT2D eigenvalue weighted by molar-refractivity contribution is 0.132. The first kappa shape index (κ1) is 10.7. The quantitative estimate of drug-likeness (QED) is 0.829. The molecular formula is C11H14ClNO2. The SMILES string of the molecule is COc1ccc(Cl)cc1C(O)C1(N)CC1. The van der Waals surface area contributed by atoms with Crippen molar-refractivity contribution in [3.05, 3.63) is 28.8 Å². The average molecular weight is 228 g/mol. The van der Waals surface area contributed by atoms with E-state index in [2.05, 4.69) is 0 Å². The van der Waals surface area contributed by atoms with E-state index >= 15 is 0 Å². The molecule has 3 nitrogen and oxygen atoms in total. The Morgan fingerprint density at radius 2 is 2.20 bits per heavy atom. The van der Waals surface area contributed by atoms with Crippen LogP contribution in [0.2, 0.25) is 5.02 Å². The third kappa shape index (κ3) is 1.95. The van der Waals surface area contributed by atoms with Gasteiger partial charge in [-0.3, -0.25) is 0 Å². The summed E-state index contributed by atoms with van der Waals surface area (Å²) >= 11 is 5.88. The molecule has 0 radical (unpaired) electrons. The summed E-state index contributed by atoms with van der Waals surface area (Å²) in [5.41, 5.74) is 6.13. The lowest BCUT2D eigenvalue weighted by Crippen LogP contribution is -2.30. The molecule has 4 heteroatoms. The van der Waals surface area contributed by atoms with Crippen LogP contribution < -0.4 is 10.5 Å². The maximum atomic E-state index is 10.1. The van der Waals surface area contributed by atoms with Gasteiger partial charge >= 0.3 is 0 Å². The standard InChI is InChI=1S/C11H14ClNO2/c1-15-9-3-2-7(12)6-8(9)10(14)11(13)4-5-11/h2-3,6,10,14H,4-5,13H2,1H3. The molecule has 0 aromatic heterocycles. The molecule has 0 spiro atoms. The Morgan fingerprint density at radius 1 is 1.53 bits per heavy atom. The number of halogens is 1. The Labute approximate surface area is 93.8 Å². The van der Waals surface area contributed by atoms with Crippen LogP contribution >= 0.6 is 11.6 Å². The zero-order valence-corrected chi connectivity index (χ0v) is 9.29. The second-order valence-electron chi connectivity index (χ2n) is 4.02. The van der Waals surface area contributed by atoms with E-state index < -0.39 is 11.6 Å². The zero-order chi connectivity index (χ0) is 11.1. The number of nitrogens with two attached hydrogens (primary N) is 1. The van der Waals surface area contributed by atoms with Crippen LogP contribution in [0.5, 0.6) is 5.75 Å². The van der Waals surface area contributed by atoms with Gasteiger partial charge in [-0.2, -0.15) is 0 Å². The van der Waals surface area contributed by atoms with Gasteiger partial charge < -0.3 is 15.6 Å². The first-order valence-electron chi connectivity index (χ1n) is 4.87. The predicted octanol–water partition coefficient (Wildman–Crippen LogP) is 1.87. The van der Waals surface area contributed by atoms with Crippen LogP contribution in [0, 0.1) is 0 Å². The van der Waals surface area contributed by atoms with E-state index in [1.165, 1.54) is 0 Å². The largest absolute Gasteiger partial charge is 0.496 e. The molecule has 1 aromatic rings. The summed E-state index contributed by atoms with van der Waals surface area (Å²) < 4.78 is 5.17. The number of hydrogen-bond acceptors (Lipinski definition) is 3. The molecule has 1 aliphatic rings. The zero-order valence-electron chi connectivity index (χ0n) is 8.53. The molecule has 1 atom stereocenters. The molecule has 0 aliphatic heterocycles. The first-order chi connectivity index (χ1) is 7.07. The predicted molar refractivity (Wildman–Crippen MR) is 59.1 cm³/mol. The number of benzene rings is 1. The van der Waals surface area contributed by atoms with Crippen molar-refractivity contribution < 1.29 is 9.84 Å². The highest BCUT2D eigenvalue weighted by atomic mass is 35.5. The van der Waals surface area contributed by atoms with E-state index in [9.17, 15) is 5.11 Å². The minimum Gasteiger partial charge on any atom is -0.496 e. The minimum atomic E-state index is -0.703. The highest BCUT2D eigenvalue weighted by molar-refractivity contribution is 6.30.